The van der Waals surface area contributed by atoms with E-state index in [0.717, 1.165) is 27.5 Å². The monoisotopic (exact) mass is 322 g/mol. The molecule has 3 nitrogen and oxygen atoms in total. The second-order valence-electron chi connectivity index (χ2n) is 4.09. The minimum absolute atomic E-state index is 0.571. The van der Waals surface area contributed by atoms with Crippen molar-refractivity contribution in [1.82, 2.24) is 9.38 Å². The van der Waals surface area contributed by atoms with Crippen LogP contribution in [0.1, 0.15) is 17.4 Å². The highest BCUT2D eigenvalue weighted by atomic mass is 35.5. The summed E-state index contributed by atoms with van der Waals surface area (Å²) in [5, 5.41) is 2.56. The Bertz CT molecular complexity index is 779. The topological polar surface area (TPSA) is 34.4 Å². The molecule has 6 heteroatoms. The molecule has 0 aliphatic heterocycles. The number of thiazole rings is 1. The Balaban J connectivity index is 2.26. The van der Waals surface area contributed by atoms with Crippen molar-refractivity contribution >= 4 is 45.9 Å². The van der Waals surface area contributed by atoms with Gasteiger partial charge in [-0.3, -0.25) is 9.20 Å². The molecule has 0 fully saturated rings. The first kappa shape index (κ1) is 13.7. The summed E-state index contributed by atoms with van der Waals surface area (Å²) in [4.78, 5) is 17.9. The molecule has 0 saturated carbocycles. The third-order valence-electron chi connectivity index (χ3n) is 2.91. The van der Waals surface area contributed by atoms with E-state index < -0.39 is 0 Å². The molecule has 2 aromatic heterocycles. The summed E-state index contributed by atoms with van der Waals surface area (Å²) in [7, 11) is 0. The molecular weight excluding hydrogens is 312 g/mol. The number of hydrogen-bond donors (Lipinski definition) is 0. The van der Waals surface area contributed by atoms with Gasteiger partial charge in [-0.25, -0.2) is 4.98 Å². The van der Waals surface area contributed by atoms with Crippen LogP contribution in [-0.2, 0) is 0 Å². The van der Waals surface area contributed by atoms with E-state index in [1.807, 2.05) is 34.2 Å². The minimum atomic E-state index is 0.571. The first-order valence-corrected chi connectivity index (χ1v) is 8.32. The number of thioether (sulfide) groups is 1. The van der Waals surface area contributed by atoms with E-state index in [-0.39, 0.29) is 0 Å². The minimum Gasteiger partial charge on any atom is -0.296 e. The molecule has 0 amide bonds. The lowest BCUT2D eigenvalue weighted by atomic mass is 10.1. The Morgan fingerprint density at radius 1 is 1.50 bits per heavy atom. The maximum Gasteiger partial charge on any atom is 0.194 e. The van der Waals surface area contributed by atoms with E-state index in [9.17, 15) is 4.79 Å². The number of carbonyl (C=O) groups excluding carboxylic acids is 1. The van der Waals surface area contributed by atoms with Gasteiger partial charge in [-0.15, -0.1) is 23.1 Å². The molecule has 102 valence electrons. The van der Waals surface area contributed by atoms with Crippen molar-refractivity contribution in [3.8, 4) is 11.3 Å². The molecule has 0 aliphatic rings. The lowest BCUT2D eigenvalue weighted by Crippen LogP contribution is -1.92. The van der Waals surface area contributed by atoms with E-state index >= 15 is 0 Å². The summed E-state index contributed by atoms with van der Waals surface area (Å²) in [5.74, 6) is 0.952. The van der Waals surface area contributed by atoms with Gasteiger partial charge >= 0.3 is 0 Å². The lowest BCUT2D eigenvalue weighted by molar-refractivity contribution is 0.111. The number of rotatable bonds is 4. The Kier molecular flexibility index (Phi) is 3.83. The van der Waals surface area contributed by atoms with Crippen LogP contribution < -0.4 is 0 Å². The van der Waals surface area contributed by atoms with Crippen LogP contribution in [0.5, 0.6) is 0 Å². The first-order chi connectivity index (χ1) is 9.74. The van der Waals surface area contributed by atoms with Gasteiger partial charge < -0.3 is 0 Å². The predicted molar refractivity (Wildman–Crippen MR) is 85.3 cm³/mol. The van der Waals surface area contributed by atoms with Crippen molar-refractivity contribution in [2.24, 2.45) is 0 Å². The van der Waals surface area contributed by atoms with E-state index in [2.05, 4.69) is 11.9 Å². The predicted octanol–water partition coefficient (Wildman–Crippen LogP) is 4.64. The van der Waals surface area contributed by atoms with Crippen molar-refractivity contribution in [3.05, 3.63) is 40.5 Å². The molecular formula is C14H11ClN2OS2. The van der Waals surface area contributed by atoms with Crippen LogP contribution in [0, 0.1) is 0 Å². The van der Waals surface area contributed by atoms with Crippen LogP contribution >= 0.6 is 34.7 Å². The number of benzene rings is 1. The summed E-state index contributed by atoms with van der Waals surface area (Å²) in [6.07, 6.45) is 2.71. The Morgan fingerprint density at radius 3 is 3.10 bits per heavy atom. The molecule has 0 bridgehead atoms. The van der Waals surface area contributed by atoms with Crippen molar-refractivity contribution in [2.75, 3.05) is 5.75 Å². The maximum atomic E-state index is 11.4. The molecule has 2 heterocycles. The fourth-order valence-electron chi connectivity index (χ4n) is 2.08. The number of imidazole rings is 1. The summed E-state index contributed by atoms with van der Waals surface area (Å²) < 4.78 is 1.81. The summed E-state index contributed by atoms with van der Waals surface area (Å²) in [6.45, 7) is 2.09. The van der Waals surface area contributed by atoms with Crippen molar-refractivity contribution in [2.45, 2.75) is 11.8 Å². The number of aldehydes is 1. The van der Waals surface area contributed by atoms with Gasteiger partial charge in [0.1, 0.15) is 11.4 Å². The van der Waals surface area contributed by atoms with E-state index in [4.69, 9.17) is 11.6 Å². The number of carbonyl (C=O) groups is 1. The highest BCUT2D eigenvalue weighted by molar-refractivity contribution is 7.99. The van der Waals surface area contributed by atoms with Gasteiger partial charge in [0.15, 0.2) is 11.2 Å². The van der Waals surface area contributed by atoms with Gasteiger partial charge in [0, 0.05) is 27.1 Å². The van der Waals surface area contributed by atoms with Gasteiger partial charge in [0.05, 0.1) is 0 Å². The normalized spacial score (nSPS) is 11.1. The highest BCUT2D eigenvalue weighted by Gasteiger charge is 2.17. The lowest BCUT2D eigenvalue weighted by Gasteiger charge is -2.07. The van der Waals surface area contributed by atoms with Crippen molar-refractivity contribution in [1.29, 1.82) is 0 Å². The van der Waals surface area contributed by atoms with Gasteiger partial charge in [-0.1, -0.05) is 18.5 Å². The zero-order valence-corrected chi connectivity index (χ0v) is 13.1. The number of nitrogens with zero attached hydrogens (tertiary/aromatic N) is 2. The molecule has 3 rings (SSSR count). The Hall–Kier alpha value is -1.30. The van der Waals surface area contributed by atoms with E-state index in [1.165, 1.54) is 11.3 Å². The van der Waals surface area contributed by atoms with Crippen LogP contribution in [-0.4, -0.2) is 21.4 Å². The van der Waals surface area contributed by atoms with Crippen molar-refractivity contribution < 1.29 is 4.79 Å². The number of aromatic nitrogens is 2. The number of halogens is 1. The summed E-state index contributed by atoms with van der Waals surface area (Å²) in [5.41, 5.74) is 2.19. The molecule has 0 spiro atoms. The fraction of sp³-hybridized carbons (Fsp3) is 0.143. The molecule has 0 saturated heterocycles. The van der Waals surface area contributed by atoms with Crippen LogP contribution in [0.15, 0.2) is 34.7 Å². The van der Waals surface area contributed by atoms with Crippen LogP contribution in [0.4, 0.5) is 0 Å². The Morgan fingerprint density at radius 2 is 2.35 bits per heavy atom. The summed E-state index contributed by atoms with van der Waals surface area (Å²) >= 11 is 9.33. The van der Waals surface area contributed by atoms with E-state index in [0.29, 0.717) is 16.4 Å². The molecule has 0 atom stereocenters. The molecule has 0 radical (unpaired) electrons. The first-order valence-electron chi connectivity index (χ1n) is 6.08. The molecule has 1 aromatic carbocycles. The molecule has 20 heavy (non-hydrogen) atoms. The quantitative estimate of drug-likeness (QED) is 0.518. The molecule has 0 unspecified atom stereocenters. The molecule has 0 aliphatic carbocycles. The van der Waals surface area contributed by atoms with Gasteiger partial charge in [-0.05, 0) is 24.0 Å². The molecule has 3 aromatic rings. The smallest absolute Gasteiger partial charge is 0.194 e. The Labute approximate surface area is 129 Å². The zero-order chi connectivity index (χ0) is 14.1. The SMILES string of the molecule is CCSc1ccc(Cl)cc1-c1nc2sccn2c1C=O. The fourth-order valence-corrected chi connectivity index (χ4v) is 3.76. The van der Waals surface area contributed by atoms with Crippen LogP contribution in [0.2, 0.25) is 5.02 Å². The van der Waals surface area contributed by atoms with Crippen LogP contribution in [0.25, 0.3) is 16.2 Å². The number of hydrogen-bond acceptors (Lipinski definition) is 4. The second-order valence-corrected chi connectivity index (χ2v) is 6.71. The highest BCUT2D eigenvalue weighted by Crippen LogP contribution is 2.35. The average molecular weight is 323 g/mol. The van der Waals surface area contributed by atoms with E-state index in [1.54, 1.807) is 11.8 Å². The average Bonchev–Trinajstić information content (AvgIpc) is 3.01. The second kappa shape index (κ2) is 5.60. The van der Waals surface area contributed by atoms with Crippen LogP contribution in [0.3, 0.4) is 0 Å². The van der Waals surface area contributed by atoms with Crippen molar-refractivity contribution in [3.63, 3.8) is 0 Å². The number of fused-ring (bicyclic) bond motifs is 1. The van der Waals surface area contributed by atoms with Gasteiger partial charge in [0.25, 0.3) is 0 Å². The molecule has 0 N–H and O–H groups in total. The largest absolute Gasteiger partial charge is 0.296 e. The summed E-state index contributed by atoms with van der Waals surface area (Å²) in [6, 6.07) is 5.72. The maximum absolute atomic E-state index is 11.4. The van der Waals surface area contributed by atoms with Gasteiger partial charge in [0.2, 0.25) is 0 Å². The third kappa shape index (κ3) is 2.26. The zero-order valence-electron chi connectivity index (χ0n) is 10.7. The standard InChI is InChI=1S/C14H11ClN2OS2/c1-2-19-12-4-3-9(15)7-10(12)13-11(8-18)17-5-6-20-14(17)16-13/h3-8H,2H2,1H3. The third-order valence-corrected chi connectivity index (χ3v) is 4.85. The van der Waals surface area contributed by atoms with Gasteiger partial charge in [-0.2, -0.15) is 0 Å².